The number of aromatic amines is 1. The van der Waals surface area contributed by atoms with Crippen LogP contribution in [0.15, 0.2) is 72.2 Å². The van der Waals surface area contributed by atoms with Crippen molar-refractivity contribution in [2.45, 2.75) is 0 Å². The third kappa shape index (κ3) is 5.15. The lowest BCUT2D eigenvalue weighted by molar-refractivity contribution is -0.136. The van der Waals surface area contributed by atoms with Gasteiger partial charge in [-0.25, -0.2) is 4.98 Å². The summed E-state index contributed by atoms with van der Waals surface area (Å²) in [6, 6.07) is 17.0. The number of nitrogens with zero attached hydrogens (tertiary/aromatic N) is 2. The number of aromatic nitrogens is 3. The summed E-state index contributed by atoms with van der Waals surface area (Å²) in [6.45, 7) is 0. The first-order valence-electron chi connectivity index (χ1n) is 9.28. The van der Waals surface area contributed by atoms with E-state index < -0.39 is 17.7 Å². The van der Waals surface area contributed by atoms with E-state index >= 15 is 0 Å². The molecule has 3 heterocycles. The number of pyridine rings is 1. The number of anilines is 1. The number of nitrogens with one attached hydrogen (secondary N) is 4. The largest absolute Gasteiger partial charge is 0.439 e. The average Bonchev–Trinajstić information content (AvgIpc) is 3.50. The number of hydrogen-bond acceptors (Lipinski definition) is 7. The average molecular weight is 448 g/mol. The normalized spacial score (nSPS) is 10.2. The number of rotatable bonds is 5. The SMILES string of the molecule is O=C(NNC(=O)c1cc(-c2cccs2)[nH]n1)C(=O)Nc1cccc(Oc2ccccn2)c1. The van der Waals surface area contributed by atoms with E-state index in [0.29, 0.717) is 23.0 Å². The van der Waals surface area contributed by atoms with Crippen LogP contribution in [0.1, 0.15) is 10.5 Å². The molecule has 1 aromatic carbocycles. The van der Waals surface area contributed by atoms with Crippen molar-refractivity contribution in [1.82, 2.24) is 26.0 Å². The number of thiophene rings is 1. The fourth-order valence-electron chi connectivity index (χ4n) is 2.58. The number of carbonyl (C=O) groups is 3. The molecule has 0 aliphatic carbocycles. The molecule has 0 aliphatic heterocycles. The zero-order valence-electron chi connectivity index (χ0n) is 16.4. The number of amides is 3. The van der Waals surface area contributed by atoms with Crippen LogP contribution in [-0.2, 0) is 9.59 Å². The Morgan fingerprint density at radius 3 is 2.62 bits per heavy atom. The minimum atomic E-state index is -1.05. The molecule has 4 N–H and O–H groups in total. The van der Waals surface area contributed by atoms with Crippen LogP contribution in [0.3, 0.4) is 0 Å². The molecule has 0 atom stereocenters. The van der Waals surface area contributed by atoms with Gasteiger partial charge in [-0.3, -0.25) is 30.3 Å². The molecule has 0 unspecified atom stereocenters. The number of ether oxygens (including phenoxy) is 1. The third-order valence-electron chi connectivity index (χ3n) is 4.05. The minimum Gasteiger partial charge on any atom is -0.439 e. The van der Waals surface area contributed by atoms with Gasteiger partial charge in [0.15, 0.2) is 5.69 Å². The number of hydrazine groups is 1. The number of hydrogen-bond donors (Lipinski definition) is 4. The minimum absolute atomic E-state index is 0.0634. The molecule has 0 fully saturated rings. The van der Waals surface area contributed by atoms with Gasteiger partial charge in [-0.2, -0.15) is 5.10 Å². The maximum atomic E-state index is 12.2. The molecule has 0 aliphatic rings. The number of carbonyl (C=O) groups excluding carboxylic acids is 3. The van der Waals surface area contributed by atoms with Crippen LogP contribution in [0.25, 0.3) is 10.6 Å². The van der Waals surface area contributed by atoms with E-state index in [1.807, 2.05) is 17.5 Å². The van der Waals surface area contributed by atoms with E-state index in [0.717, 1.165) is 4.88 Å². The molecule has 0 bridgehead atoms. The first-order chi connectivity index (χ1) is 15.6. The first-order valence-corrected chi connectivity index (χ1v) is 10.2. The summed E-state index contributed by atoms with van der Waals surface area (Å²) >= 11 is 1.49. The molecule has 4 rings (SSSR count). The molecule has 32 heavy (non-hydrogen) atoms. The first kappa shape index (κ1) is 20.8. The highest BCUT2D eigenvalue weighted by Gasteiger charge is 2.17. The van der Waals surface area contributed by atoms with Crippen molar-refractivity contribution >= 4 is 34.7 Å². The Kier molecular flexibility index (Phi) is 6.18. The van der Waals surface area contributed by atoms with Crippen molar-refractivity contribution < 1.29 is 19.1 Å². The lowest BCUT2D eigenvalue weighted by atomic mass is 10.3. The van der Waals surface area contributed by atoms with Crippen molar-refractivity contribution in [3.8, 4) is 22.2 Å². The zero-order valence-corrected chi connectivity index (χ0v) is 17.2. The molecule has 160 valence electrons. The van der Waals surface area contributed by atoms with Crippen LogP contribution in [0.5, 0.6) is 11.6 Å². The second-order valence-electron chi connectivity index (χ2n) is 6.30. The Hall–Kier alpha value is -4.51. The van der Waals surface area contributed by atoms with E-state index in [9.17, 15) is 14.4 Å². The van der Waals surface area contributed by atoms with Crippen LogP contribution in [0, 0.1) is 0 Å². The molecule has 0 saturated carbocycles. The van der Waals surface area contributed by atoms with Gasteiger partial charge in [0.05, 0.1) is 10.6 Å². The van der Waals surface area contributed by atoms with Gasteiger partial charge in [-0.05, 0) is 35.7 Å². The van der Waals surface area contributed by atoms with Crippen molar-refractivity contribution in [1.29, 1.82) is 0 Å². The van der Waals surface area contributed by atoms with Crippen molar-refractivity contribution in [3.63, 3.8) is 0 Å². The van der Waals surface area contributed by atoms with Gasteiger partial charge >= 0.3 is 11.8 Å². The van der Waals surface area contributed by atoms with E-state index in [4.69, 9.17) is 4.74 Å². The van der Waals surface area contributed by atoms with Crippen LogP contribution in [0.2, 0.25) is 0 Å². The lowest BCUT2D eigenvalue weighted by Gasteiger charge is -2.09. The third-order valence-corrected chi connectivity index (χ3v) is 4.95. The topological polar surface area (TPSA) is 138 Å². The zero-order chi connectivity index (χ0) is 22.3. The standard InChI is InChI=1S/C21H16N6O4S/c28-19(16-12-15(24-25-16)17-7-4-10-32-17)26-27-21(30)20(29)23-13-5-3-6-14(11-13)31-18-8-1-2-9-22-18/h1-12H,(H,23,29)(H,24,25)(H,26,28)(H,27,30). The number of benzene rings is 1. The summed E-state index contributed by atoms with van der Waals surface area (Å²) in [7, 11) is 0. The summed E-state index contributed by atoms with van der Waals surface area (Å²) < 4.78 is 5.59. The van der Waals surface area contributed by atoms with Crippen molar-refractivity contribution in [3.05, 3.63) is 77.9 Å². The van der Waals surface area contributed by atoms with E-state index in [1.165, 1.54) is 17.4 Å². The second-order valence-corrected chi connectivity index (χ2v) is 7.25. The van der Waals surface area contributed by atoms with Gasteiger partial charge in [0.1, 0.15) is 5.75 Å². The summed E-state index contributed by atoms with van der Waals surface area (Å²) in [5, 5.41) is 11.0. The summed E-state index contributed by atoms with van der Waals surface area (Å²) in [6.07, 6.45) is 1.59. The predicted molar refractivity (Wildman–Crippen MR) is 117 cm³/mol. The van der Waals surface area contributed by atoms with Gasteiger partial charge in [-0.15, -0.1) is 11.3 Å². The molecular weight excluding hydrogens is 432 g/mol. The molecule has 3 amide bonds. The quantitative estimate of drug-likeness (QED) is 0.274. The molecule has 10 nitrogen and oxygen atoms in total. The van der Waals surface area contributed by atoms with Gasteiger partial charge in [-0.1, -0.05) is 18.2 Å². The molecule has 0 spiro atoms. The maximum absolute atomic E-state index is 12.2. The van der Waals surface area contributed by atoms with Crippen molar-refractivity contribution in [2.24, 2.45) is 0 Å². The molecule has 3 aromatic heterocycles. The van der Waals surface area contributed by atoms with Gasteiger partial charge < -0.3 is 10.1 Å². The van der Waals surface area contributed by atoms with Crippen LogP contribution in [0.4, 0.5) is 5.69 Å². The Bertz CT molecular complexity index is 1240. The molecule has 0 saturated heterocycles. The highest BCUT2D eigenvalue weighted by atomic mass is 32.1. The van der Waals surface area contributed by atoms with Gasteiger partial charge in [0, 0.05) is 24.0 Å². The Morgan fingerprint density at radius 2 is 1.84 bits per heavy atom. The maximum Gasteiger partial charge on any atom is 0.328 e. The van der Waals surface area contributed by atoms with Gasteiger partial charge in [0.2, 0.25) is 5.88 Å². The number of H-pyrrole nitrogens is 1. The lowest BCUT2D eigenvalue weighted by Crippen LogP contribution is -2.46. The van der Waals surface area contributed by atoms with Crippen molar-refractivity contribution in [2.75, 3.05) is 5.32 Å². The van der Waals surface area contributed by atoms with E-state index in [-0.39, 0.29) is 5.69 Å². The summed E-state index contributed by atoms with van der Waals surface area (Å²) in [4.78, 5) is 41.3. The molecule has 11 heteroatoms. The highest BCUT2D eigenvalue weighted by Crippen LogP contribution is 2.23. The van der Waals surface area contributed by atoms with Gasteiger partial charge in [0.25, 0.3) is 5.91 Å². The van der Waals surface area contributed by atoms with Crippen LogP contribution >= 0.6 is 11.3 Å². The monoisotopic (exact) mass is 448 g/mol. The Morgan fingerprint density at radius 1 is 0.938 bits per heavy atom. The highest BCUT2D eigenvalue weighted by molar-refractivity contribution is 7.13. The predicted octanol–water partition coefficient (Wildman–Crippen LogP) is 2.73. The molecule has 0 radical (unpaired) electrons. The summed E-state index contributed by atoms with van der Waals surface area (Å²) in [5.74, 6) is -1.88. The molecule has 4 aromatic rings. The molecular formula is C21H16N6O4S. The smallest absolute Gasteiger partial charge is 0.328 e. The summed E-state index contributed by atoms with van der Waals surface area (Å²) in [5.41, 5.74) is 5.28. The van der Waals surface area contributed by atoms with E-state index in [2.05, 4.69) is 31.3 Å². The Balaban J connectivity index is 1.30. The fraction of sp³-hybridized carbons (Fsp3) is 0. The fourth-order valence-corrected chi connectivity index (χ4v) is 3.28. The van der Waals surface area contributed by atoms with Crippen LogP contribution in [-0.4, -0.2) is 32.9 Å². The Labute approximate surface area is 185 Å². The van der Waals surface area contributed by atoms with Crippen LogP contribution < -0.4 is 20.9 Å². The van der Waals surface area contributed by atoms with E-state index in [1.54, 1.807) is 48.7 Å². The second kappa shape index (κ2) is 9.53.